The van der Waals surface area contributed by atoms with E-state index in [1.54, 1.807) is 41.2 Å². The van der Waals surface area contributed by atoms with Gasteiger partial charge in [-0.1, -0.05) is 6.07 Å². The summed E-state index contributed by atoms with van der Waals surface area (Å²) in [5.74, 6) is -0.484. The number of halogens is 1. The lowest BCUT2D eigenvalue weighted by molar-refractivity contribution is 0.0949. The highest BCUT2D eigenvalue weighted by molar-refractivity contribution is 5.92. The molecule has 0 saturated heterocycles. The van der Waals surface area contributed by atoms with Crippen molar-refractivity contribution in [3.05, 3.63) is 78.1 Å². The Kier molecular flexibility index (Phi) is 4.42. The van der Waals surface area contributed by atoms with Crippen LogP contribution in [0.3, 0.4) is 0 Å². The zero-order valence-electron chi connectivity index (χ0n) is 12.3. The Morgan fingerprint density at radius 3 is 2.70 bits per heavy atom. The molecule has 0 saturated carbocycles. The first kappa shape index (κ1) is 14.9. The minimum Gasteiger partial charge on any atom is -0.350 e. The number of nitrogens with one attached hydrogen (secondary N) is 1. The lowest BCUT2D eigenvalue weighted by Crippen LogP contribution is -2.26. The molecule has 3 rings (SSSR count). The van der Waals surface area contributed by atoms with Gasteiger partial charge in [-0.2, -0.15) is 5.10 Å². The number of carbonyl (C=O) groups is 1. The van der Waals surface area contributed by atoms with Crippen LogP contribution in [0.5, 0.6) is 0 Å². The largest absolute Gasteiger partial charge is 0.350 e. The van der Waals surface area contributed by atoms with E-state index in [0.717, 1.165) is 11.4 Å². The molecule has 0 unspecified atom stereocenters. The number of hydrogen-bond donors (Lipinski definition) is 1. The van der Waals surface area contributed by atoms with Crippen molar-refractivity contribution < 1.29 is 9.18 Å². The van der Waals surface area contributed by atoms with Crippen LogP contribution in [0.4, 0.5) is 4.39 Å². The quantitative estimate of drug-likeness (QED) is 0.787. The second-order valence-electron chi connectivity index (χ2n) is 4.95. The number of carbonyl (C=O) groups excluding carboxylic acids is 1. The Bertz CT molecular complexity index is 784. The molecule has 0 aliphatic heterocycles. The second-order valence-corrected chi connectivity index (χ2v) is 4.95. The van der Waals surface area contributed by atoms with Crippen molar-refractivity contribution in [3.8, 4) is 5.69 Å². The third-order valence-electron chi connectivity index (χ3n) is 3.30. The van der Waals surface area contributed by atoms with Crippen molar-refractivity contribution in [2.45, 2.75) is 6.42 Å². The van der Waals surface area contributed by atoms with E-state index in [0.29, 0.717) is 18.7 Å². The molecular formula is C17H15FN4O. The molecule has 2 aromatic heterocycles. The molecule has 0 aliphatic rings. The van der Waals surface area contributed by atoms with Crippen molar-refractivity contribution in [2.24, 2.45) is 0 Å². The predicted molar refractivity (Wildman–Crippen MR) is 83.8 cm³/mol. The van der Waals surface area contributed by atoms with E-state index in [1.165, 1.54) is 12.1 Å². The lowest BCUT2D eigenvalue weighted by atomic mass is 10.3. The molecule has 1 N–H and O–H groups in total. The number of rotatable bonds is 5. The fourth-order valence-corrected chi connectivity index (χ4v) is 2.12. The number of pyridine rings is 1. The topological polar surface area (TPSA) is 59.8 Å². The Morgan fingerprint density at radius 1 is 1.13 bits per heavy atom. The summed E-state index contributed by atoms with van der Waals surface area (Å²) in [7, 11) is 0. The van der Waals surface area contributed by atoms with Gasteiger partial charge in [0.25, 0.3) is 5.91 Å². The zero-order chi connectivity index (χ0) is 16.1. The molecule has 6 heteroatoms. The smallest absolute Gasteiger partial charge is 0.269 e. The van der Waals surface area contributed by atoms with E-state index in [9.17, 15) is 9.18 Å². The molecular weight excluding hydrogens is 295 g/mol. The van der Waals surface area contributed by atoms with Crippen molar-refractivity contribution in [1.82, 2.24) is 20.1 Å². The van der Waals surface area contributed by atoms with Gasteiger partial charge in [-0.05, 0) is 42.5 Å². The number of amides is 1. The van der Waals surface area contributed by atoms with Gasteiger partial charge in [0.1, 0.15) is 11.5 Å². The van der Waals surface area contributed by atoms with Crippen LogP contribution in [-0.4, -0.2) is 27.2 Å². The van der Waals surface area contributed by atoms with Crippen molar-refractivity contribution >= 4 is 5.91 Å². The van der Waals surface area contributed by atoms with Gasteiger partial charge in [0, 0.05) is 25.4 Å². The van der Waals surface area contributed by atoms with E-state index in [2.05, 4.69) is 15.4 Å². The normalized spacial score (nSPS) is 10.5. The molecule has 0 spiro atoms. The minimum absolute atomic E-state index is 0.205. The average Bonchev–Trinajstić information content (AvgIpc) is 3.05. The molecule has 0 bridgehead atoms. The number of nitrogens with zero attached hydrogens (tertiary/aromatic N) is 3. The van der Waals surface area contributed by atoms with Gasteiger partial charge < -0.3 is 5.32 Å². The monoisotopic (exact) mass is 310 g/mol. The number of hydrogen-bond acceptors (Lipinski definition) is 3. The van der Waals surface area contributed by atoms with Crippen LogP contribution in [0.15, 0.2) is 60.9 Å². The van der Waals surface area contributed by atoms with E-state index < -0.39 is 0 Å². The summed E-state index contributed by atoms with van der Waals surface area (Å²) in [6, 6.07) is 13.2. The summed E-state index contributed by atoms with van der Waals surface area (Å²) in [6.45, 7) is 0.468. The maximum absolute atomic E-state index is 12.9. The van der Waals surface area contributed by atoms with Gasteiger partial charge in [-0.15, -0.1) is 0 Å². The molecule has 0 atom stereocenters. The Balaban J connectivity index is 1.55. The molecule has 0 radical (unpaired) electrons. The molecule has 5 nitrogen and oxygen atoms in total. The molecule has 1 aromatic carbocycles. The van der Waals surface area contributed by atoms with Gasteiger partial charge in [0.15, 0.2) is 0 Å². The van der Waals surface area contributed by atoms with Gasteiger partial charge in [0.2, 0.25) is 0 Å². The lowest BCUT2D eigenvalue weighted by Gasteiger charge is -2.03. The average molecular weight is 310 g/mol. The molecule has 116 valence electrons. The fourth-order valence-electron chi connectivity index (χ4n) is 2.12. The first-order valence-corrected chi connectivity index (χ1v) is 7.22. The molecule has 2 heterocycles. The van der Waals surface area contributed by atoms with Gasteiger partial charge in [-0.25, -0.2) is 9.07 Å². The third kappa shape index (κ3) is 3.79. The standard InChI is InChI=1S/C17H15FN4O/c18-13-4-6-15(7-5-13)22-12-9-14(21-22)8-11-20-17(23)16-3-1-2-10-19-16/h1-7,9-10,12H,8,11H2,(H,20,23). The van der Waals surface area contributed by atoms with Crippen molar-refractivity contribution in [3.63, 3.8) is 0 Å². The van der Waals surface area contributed by atoms with Crippen LogP contribution in [-0.2, 0) is 6.42 Å². The summed E-state index contributed by atoms with van der Waals surface area (Å²) in [5.41, 5.74) is 2.02. The van der Waals surface area contributed by atoms with Crippen LogP contribution in [0, 0.1) is 5.82 Å². The zero-order valence-corrected chi connectivity index (χ0v) is 12.3. The second kappa shape index (κ2) is 6.83. The first-order chi connectivity index (χ1) is 11.2. The Hall–Kier alpha value is -3.02. The molecule has 1 amide bonds. The van der Waals surface area contributed by atoms with Gasteiger partial charge >= 0.3 is 0 Å². The third-order valence-corrected chi connectivity index (χ3v) is 3.30. The Labute approximate surface area is 132 Å². The minimum atomic E-state index is -0.279. The highest BCUT2D eigenvalue weighted by Crippen LogP contribution is 2.09. The van der Waals surface area contributed by atoms with Gasteiger partial charge in [0.05, 0.1) is 11.4 Å². The van der Waals surface area contributed by atoms with E-state index in [1.807, 2.05) is 12.3 Å². The number of aromatic nitrogens is 3. The Morgan fingerprint density at radius 2 is 1.96 bits per heavy atom. The summed E-state index contributed by atoms with van der Waals surface area (Å²) in [4.78, 5) is 15.9. The maximum atomic E-state index is 12.9. The highest BCUT2D eigenvalue weighted by atomic mass is 19.1. The molecule has 0 fully saturated rings. The summed E-state index contributed by atoms with van der Waals surface area (Å²) in [5, 5.41) is 7.21. The van der Waals surface area contributed by atoms with Crippen LogP contribution in [0.25, 0.3) is 5.69 Å². The van der Waals surface area contributed by atoms with Crippen LogP contribution in [0.2, 0.25) is 0 Å². The maximum Gasteiger partial charge on any atom is 0.269 e. The highest BCUT2D eigenvalue weighted by Gasteiger charge is 2.06. The summed E-state index contributed by atoms with van der Waals surface area (Å²) in [6.07, 6.45) is 4.00. The fraction of sp³-hybridized carbons (Fsp3) is 0.118. The van der Waals surface area contributed by atoms with E-state index >= 15 is 0 Å². The first-order valence-electron chi connectivity index (χ1n) is 7.22. The molecule has 23 heavy (non-hydrogen) atoms. The summed E-state index contributed by atoms with van der Waals surface area (Å²) < 4.78 is 14.6. The molecule has 0 aliphatic carbocycles. The van der Waals surface area contributed by atoms with Crippen LogP contribution >= 0.6 is 0 Å². The van der Waals surface area contributed by atoms with Gasteiger partial charge in [-0.3, -0.25) is 9.78 Å². The van der Waals surface area contributed by atoms with Crippen molar-refractivity contribution in [2.75, 3.05) is 6.54 Å². The van der Waals surface area contributed by atoms with Crippen LogP contribution < -0.4 is 5.32 Å². The predicted octanol–water partition coefficient (Wildman–Crippen LogP) is 2.38. The molecule has 3 aromatic rings. The number of benzene rings is 1. The van der Waals surface area contributed by atoms with Crippen LogP contribution in [0.1, 0.15) is 16.2 Å². The van der Waals surface area contributed by atoms with E-state index in [4.69, 9.17) is 0 Å². The summed E-state index contributed by atoms with van der Waals surface area (Å²) >= 11 is 0. The van der Waals surface area contributed by atoms with Crippen molar-refractivity contribution in [1.29, 1.82) is 0 Å². The SMILES string of the molecule is O=C(NCCc1ccn(-c2ccc(F)cc2)n1)c1ccccn1. The van der Waals surface area contributed by atoms with E-state index in [-0.39, 0.29) is 11.7 Å².